The van der Waals surface area contributed by atoms with E-state index in [1.165, 1.54) is 5.56 Å². The Bertz CT molecular complexity index is 1300. The van der Waals surface area contributed by atoms with Gasteiger partial charge in [0.05, 0.1) is 5.52 Å². The van der Waals surface area contributed by atoms with E-state index >= 15 is 0 Å². The van der Waals surface area contributed by atoms with Crippen molar-refractivity contribution in [2.45, 2.75) is 78.9 Å². The van der Waals surface area contributed by atoms with Gasteiger partial charge >= 0.3 is 5.97 Å². The Morgan fingerprint density at radius 1 is 1.13 bits per heavy atom. The van der Waals surface area contributed by atoms with Crippen molar-refractivity contribution in [1.82, 2.24) is 9.88 Å². The molecule has 2 heterocycles. The van der Waals surface area contributed by atoms with E-state index in [-0.39, 0.29) is 29.9 Å². The number of allylic oxidation sites excluding steroid dienone is 2. The van der Waals surface area contributed by atoms with Gasteiger partial charge in [-0.05, 0) is 108 Å². The summed E-state index contributed by atoms with van der Waals surface area (Å²) in [5.74, 6) is 0.634. The van der Waals surface area contributed by atoms with Gasteiger partial charge in [-0.1, -0.05) is 22.0 Å². The summed E-state index contributed by atoms with van der Waals surface area (Å²) in [4.78, 5) is 44.8. The molecule has 2 aliphatic rings. The van der Waals surface area contributed by atoms with E-state index in [4.69, 9.17) is 9.72 Å². The van der Waals surface area contributed by atoms with Crippen LogP contribution in [0.4, 0.5) is 5.82 Å². The predicted molar refractivity (Wildman–Crippen MR) is 158 cm³/mol. The highest BCUT2D eigenvalue weighted by molar-refractivity contribution is 9.10. The first-order valence-electron chi connectivity index (χ1n) is 13.9. The van der Waals surface area contributed by atoms with Gasteiger partial charge in [0, 0.05) is 41.7 Å². The average Bonchev–Trinajstić information content (AvgIpc) is 3.07. The molecular formula is C31H40BrN3O4. The fourth-order valence-corrected chi connectivity index (χ4v) is 5.85. The molecule has 0 radical (unpaired) electrons. The van der Waals surface area contributed by atoms with Crippen LogP contribution in [0.5, 0.6) is 0 Å². The Labute approximate surface area is 239 Å². The summed E-state index contributed by atoms with van der Waals surface area (Å²) in [5.41, 5.74) is 2.74. The van der Waals surface area contributed by atoms with Crippen molar-refractivity contribution in [2.24, 2.45) is 11.8 Å². The lowest BCUT2D eigenvalue weighted by atomic mass is 9.83. The number of pyridine rings is 1. The van der Waals surface area contributed by atoms with E-state index in [0.717, 1.165) is 54.3 Å². The van der Waals surface area contributed by atoms with Crippen LogP contribution in [-0.2, 0) is 25.7 Å². The van der Waals surface area contributed by atoms with Crippen LogP contribution >= 0.6 is 15.9 Å². The number of benzene rings is 1. The number of aromatic nitrogens is 1. The Balaban J connectivity index is 1.46. The monoisotopic (exact) mass is 597 g/mol. The first-order chi connectivity index (χ1) is 18.4. The molecule has 2 aromatic rings. The van der Waals surface area contributed by atoms with Crippen molar-refractivity contribution in [3.05, 3.63) is 45.4 Å². The highest BCUT2D eigenvalue weighted by Gasteiger charge is 2.30. The molecular weight excluding hydrogens is 558 g/mol. The van der Waals surface area contributed by atoms with Gasteiger partial charge in [-0.15, -0.1) is 0 Å². The molecule has 210 valence electrons. The molecule has 0 bridgehead atoms. The first kappa shape index (κ1) is 29.4. The summed E-state index contributed by atoms with van der Waals surface area (Å²) in [6.45, 7) is 12.2. The van der Waals surface area contributed by atoms with Gasteiger partial charge in [-0.25, -0.2) is 4.98 Å². The number of ketones is 2. The summed E-state index contributed by atoms with van der Waals surface area (Å²) < 4.78 is 6.51. The normalized spacial score (nSPS) is 21.3. The van der Waals surface area contributed by atoms with Gasteiger partial charge < -0.3 is 10.1 Å². The third kappa shape index (κ3) is 7.76. The van der Waals surface area contributed by atoms with Crippen LogP contribution in [0.1, 0.15) is 72.3 Å². The number of hydrogen-bond donors (Lipinski definition) is 1. The fourth-order valence-electron chi connectivity index (χ4n) is 5.50. The van der Waals surface area contributed by atoms with Crippen LogP contribution < -0.4 is 5.32 Å². The molecule has 1 aromatic carbocycles. The lowest BCUT2D eigenvalue weighted by Gasteiger charge is -2.24. The molecule has 1 fully saturated rings. The molecule has 2 atom stereocenters. The van der Waals surface area contributed by atoms with Crippen LogP contribution in [0, 0.1) is 11.8 Å². The lowest BCUT2D eigenvalue weighted by molar-refractivity contribution is -0.156. The zero-order chi connectivity index (χ0) is 28.3. The number of Topliss-reactive ketones (excluding diaryl/α,β-unsaturated/α-hetero) is 2. The zero-order valence-corrected chi connectivity index (χ0v) is 25.3. The minimum atomic E-state index is -0.453. The number of likely N-dealkylation sites (tertiary alicyclic amines) is 1. The molecule has 0 amide bonds. The fraction of sp³-hybridized carbons (Fsp3) is 0.548. The molecule has 39 heavy (non-hydrogen) atoms. The van der Waals surface area contributed by atoms with Crippen LogP contribution in [-0.4, -0.2) is 52.7 Å². The summed E-state index contributed by atoms with van der Waals surface area (Å²) >= 11 is 3.57. The van der Waals surface area contributed by atoms with Crippen molar-refractivity contribution >= 4 is 50.2 Å². The molecule has 1 saturated heterocycles. The number of fused-ring (bicyclic) bond motifs is 1. The number of hydrogen-bond acceptors (Lipinski definition) is 7. The molecule has 7 nitrogen and oxygen atoms in total. The topological polar surface area (TPSA) is 88.6 Å². The third-order valence-corrected chi connectivity index (χ3v) is 8.24. The van der Waals surface area contributed by atoms with Crippen LogP contribution in [0.15, 0.2) is 39.9 Å². The van der Waals surface area contributed by atoms with Gasteiger partial charge in [0.1, 0.15) is 11.4 Å². The SMILES string of the molecule is CC1=C(C)C(=O)C(CNc2cc(CN3CCCC(CC(=O)OC(C)(C)C)CC3)c3ccc(Br)cc3n2)CC1=O. The van der Waals surface area contributed by atoms with E-state index in [1.807, 2.05) is 32.9 Å². The number of rotatable bonds is 7. The summed E-state index contributed by atoms with van der Waals surface area (Å²) in [6.07, 6.45) is 3.73. The van der Waals surface area contributed by atoms with Gasteiger partial charge in [0.2, 0.25) is 0 Å². The molecule has 4 rings (SSSR count). The number of halogens is 1. The summed E-state index contributed by atoms with van der Waals surface area (Å²) in [7, 11) is 0. The largest absolute Gasteiger partial charge is 0.460 e. The van der Waals surface area contributed by atoms with Crippen molar-refractivity contribution in [1.29, 1.82) is 0 Å². The lowest BCUT2D eigenvalue weighted by Crippen LogP contribution is -2.32. The third-order valence-electron chi connectivity index (χ3n) is 7.75. The summed E-state index contributed by atoms with van der Waals surface area (Å²) in [6, 6.07) is 8.20. The van der Waals surface area contributed by atoms with Crippen molar-refractivity contribution in [3.8, 4) is 0 Å². The number of ether oxygens (including phenoxy) is 1. The second-order valence-electron chi connectivity index (χ2n) is 12.0. The quantitative estimate of drug-likeness (QED) is 0.378. The molecule has 1 aliphatic heterocycles. The molecule has 0 saturated carbocycles. The molecule has 1 aliphatic carbocycles. The summed E-state index contributed by atoms with van der Waals surface area (Å²) in [5, 5.41) is 4.45. The zero-order valence-electron chi connectivity index (χ0n) is 23.7. The van der Waals surface area contributed by atoms with Gasteiger partial charge in [0.25, 0.3) is 0 Å². The standard InChI is InChI=1S/C31H40BrN3O4/c1-19-20(2)30(38)22(14-27(19)36)17-33-28-15-23(25-9-8-24(32)16-26(25)34-28)18-35-11-6-7-21(10-12-35)13-29(37)39-31(3,4)5/h8-9,15-16,21-22H,6-7,10-14,17-18H2,1-5H3,(H,33,34). The number of anilines is 1. The first-order valence-corrected chi connectivity index (χ1v) is 14.7. The van der Waals surface area contributed by atoms with Crippen molar-refractivity contribution < 1.29 is 19.1 Å². The Morgan fingerprint density at radius 3 is 2.64 bits per heavy atom. The van der Waals surface area contributed by atoms with E-state index in [0.29, 0.717) is 35.8 Å². The minimum Gasteiger partial charge on any atom is -0.460 e. The van der Waals surface area contributed by atoms with E-state index in [2.05, 4.69) is 38.3 Å². The highest BCUT2D eigenvalue weighted by atomic mass is 79.9. The average molecular weight is 599 g/mol. The van der Waals surface area contributed by atoms with Gasteiger partial charge in [0.15, 0.2) is 11.6 Å². The second-order valence-corrected chi connectivity index (χ2v) is 12.9. The smallest absolute Gasteiger partial charge is 0.306 e. The maximum absolute atomic E-state index is 12.8. The Kier molecular flexibility index (Phi) is 9.27. The van der Waals surface area contributed by atoms with E-state index < -0.39 is 5.60 Å². The molecule has 0 spiro atoms. The second kappa shape index (κ2) is 12.3. The molecule has 8 heteroatoms. The number of nitrogens with zero attached hydrogens (tertiary/aromatic N) is 2. The number of carbonyl (C=O) groups is 3. The Morgan fingerprint density at radius 2 is 1.90 bits per heavy atom. The van der Waals surface area contributed by atoms with E-state index in [1.54, 1.807) is 13.8 Å². The van der Waals surface area contributed by atoms with Crippen molar-refractivity contribution in [3.63, 3.8) is 0 Å². The van der Waals surface area contributed by atoms with Crippen LogP contribution in [0.2, 0.25) is 0 Å². The van der Waals surface area contributed by atoms with Gasteiger partial charge in [-0.3, -0.25) is 19.3 Å². The maximum atomic E-state index is 12.8. The number of nitrogens with one attached hydrogen (secondary N) is 1. The van der Waals surface area contributed by atoms with Gasteiger partial charge in [-0.2, -0.15) is 0 Å². The number of esters is 1. The molecule has 2 unspecified atom stereocenters. The van der Waals surface area contributed by atoms with E-state index in [9.17, 15) is 14.4 Å². The number of carbonyl (C=O) groups excluding carboxylic acids is 3. The van der Waals surface area contributed by atoms with Crippen LogP contribution in [0.3, 0.4) is 0 Å². The highest BCUT2D eigenvalue weighted by Crippen LogP contribution is 2.29. The minimum absolute atomic E-state index is 0.0360. The Hall–Kier alpha value is -2.58. The maximum Gasteiger partial charge on any atom is 0.306 e. The predicted octanol–water partition coefficient (Wildman–Crippen LogP) is 6.24. The molecule has 1 aromatic heterocycles. The molecule has 1 N–H and O–H groups in total. The van der Waals surface area contributed by atoms with Crippen molar-refractivity contribution in [2.75, 3.05) is 25.0 Å². The van der Waals surface area contributed by atoms with Crippen LogP contribution in [0.25, 0.3) is 10.9 Å².